The summed E-state index contributed by atoms with van der Waals surface area (Å²) in [5.74, 6) is 0.439. The summed E-state index contributed by atoms with van der Waals surface area (Å²) >= 11 is 0. The van der Waals surface area contributed by atoms with Gasteiger partial charge in [0.1, 0.15) is 0 Å². The number of nitrogens with zero attached hydrogens (tertiary/aromatic N) is 1. The second kappa shape index (κ2) is 4.26. The number of aryl methyl sites for hydroxylation is 1. The molecule has 1 aromatic heterocycles. The second-order valence-corrected chi connectivity index (χ2v) is 3.91. The molecule has 15 heavy (non-hydrogen) atoms. The lowest BCUT2D eigenvalue weighted by atomic mass is 9.93. The number of benzene rings is 1. The van der Waals surface area contributed by atoms with E-state index < -0.39 is 0 Å². The minimum atomic E-state index is 0.439. The van der Waals surface area contributed by atoms with Crippen molar-refractivity contribution in [3.05, 3.63) is 65.5 Å². The molecule has 0 aliphatic heterocycles. The monoisotopic (exact) mass is 197 g/mol. The number of hydrogen-bond donors (Lipinski definition) is 0. The molecule has 0 bridgehead atoms. The maximum atomic E-state index is 4.04. The Hall–Kier alpha value is -1.63. The van der Waals surface area contributed by atoms with E-state index in [0.717, 1.165) is 0 Å². The van der Waals surface area contributed by atoms with E-state index >= 15 is 0 Å². The van der Waals surface area contributed by atoms with Gasteiger partial charge in [-0.1, -0.05) is 36.8 Å². The van der Waals surface area contributed by atoms with Gasteiger partial charge >= 0.3 is 0 Å². The number of hydrogen-bond acceptors (Lipinski definition) is 1. The lowest BCUT2D eigenvalue weighted by molar-refractivity contribution is 0.916. The molecule has 0 saturated heterocycles. The van der Waals surface area contributed by atoms with Gasteiger partial charge in [0.2, 0.25) is 0 Å². The standard InChI is InChI=1S/C14H15N/c1-11-3-5-13(6-4-11)12(2)14-7-9-15-10-8-14/h3-10,12H,1-2H3. The van der Waals surface area contributed by atoms with Crippen LogP contribution in [0.5, 0.6) is 0 Å². The maximum absolute atomic E-state index is 4.04. The number of pyridine rings is 1. The molecule has 0 spiro atoms. The van der Waals surface area contributed by atoms with Crippen LogP contribution in [0.3, 0.4) is 0 Å². The first-order chi connectivity index (χ1) is 7.27. The molecule has 0 aliphatic rings. The van der Waals surface area contributed by atoms with Crippen molar-refractivity contribution in [1.29, 1.82) is 0 Å². The van der Waals surface area contributed by atoms with Crippen molar-refractivity contribution in [3.63, 3.8) is 0 Å². The van der Waals surface area contributed by atoms with E-state index in [-0.39, 0.29) is 0 Å². The van der Waals surface area contributed by atoms with Crippen LogP contribution >= 0.6 is 0 Å². The maximum Gasteiger partial charge on any atom is 0.0270 e. The van der Waals surface area contributed by atoms with Crippen molar-refractivity contribution in [2.45, 2.75) is 19.8 Å². The third-order valence-corrected chi connectivity index (χ3v) is 2.78. The summed E-state index contributed by atoms with van der Waals surface area (Å²) in [5.41, 5.74) is 3.97. The summed E-state index contributed by atoms with van der Waals surface area (Å²) in [6, 6.07) is 12.9. The highest BCUT2D eigenvalue weighted by molar-refractivity contribution is 5.32. The largest absolute Gasteiger partial charge is 0.265 e. The third-order valence-electron chi connectivity index (χ3n) is 2.78. The van der Waals surface area contributed by atoms with E-state index in [9.17, 15) is 0 Å². The van der Waals surface area contributed by atoms with Crippen LogP contribution in [0.2, 0.25) is 0 Å². The van der Waals surface area contributed by atoms with Gasteiger partial charge in [-0.3, -0.25) is 4.98 Å². The van der Waals surface area contributed by atoms with Crippen LogP contribution in [0.4, 0.5) is 0 Å². The van der Waals surface area contributed by atoms with Gasteiger partial charge in [-0.15, -0.1) is 0 Å². The molecule has 1 aromatic carbocycles. The third kappa shape index (κ3) is 2.24. The zero-order chi connectivity index (χ0) is 10.7. The summed E-state index contributed by atoms with van der Waals surface area (Å²) in [6.07, 6.45) is 3.69. The van der Waals surface area contributed by atoms with Crippen molar-refractivity contribution in [1.82, 2.24) is 4.98 Å². The van der Waals surface area contributed by atoms with Crippen LogP contribution in [0.15, 0.2) is 48.8 Å². The topological polar surface area (TPSA) is 12.9 Å². The van der Waals surface area contributed by atoms with Gasteiger partial charge in [-0.25, -0.2) is 0 Å². The fourth-order valence-electron chi connectivity index (χ4n) is 1.70. The molecule has 2 aromatic rings. The molecule has 0 saturated carbocycles. The highest BCUT2D eigenvalue weighted by Gasteiger charge is 2.06. The van der Waals surface area contributed by atoms with E-state index in [1.807, 2.05) is 12.4 Å². The lowest BCUT2D eigenvalue weighted by Crippen LogP contribution is -1.95. The quantitative estimate of drug-likeness (QED) is 0.717. The fraction of sp³-hybridized carbons (Fsp3) is 0.214. The van der Waals surface area contributed by atoms with E-state index in [1.165, 1.54) is 16.7 Å². The van der Waals surface area contributed by atoms with Crippen LogP contribution in [0.25, 0.3) is 0 Å². The summed E-state index contributed by atoms with van der Waals surface area (Å²) < 4.78 is 0. The summed E-state index contributed by atoms with van der Waals surface area (Å²) in [4.78, 5) is 4.04. The van der Waals surface area contributed by atoms with Crippen LogP contribution in [-0.4, -0.2) is 4.98 Å². The Morgan fingerprint density at radius 3 is 2.00 bits per heavy atom. The van der Waals surface area contributed by atoms with Crippen LogP contribution in [0.1, 0.15) is 29.5 Å². The summed E-state index contributed by atoms with van der Waals surface area (Å²) in [7, 11) is 0. The predicted octanol–water partition coefficient (Wildman–Crippen LogP) is 3.54. The van der Waals surface area contributed by atoms with Gasteiger partial charge in [-0.05, 0) is 30.2 Å². The minimum absolute atomic E-state index is 0.439. The Bertz CT molecular complexity index is 417. The first-order valence-corrected chi connectivity index (χ1v) is 5.24. The zero-order valence-corrected chi connectivity index (χ0v) is 9.14. The van der Waals surface area contributed by atoms with Crippen LogP contribution < -0.4 is 0 Å². The molecule has 1 unspecified atom stereocenters. The van der Waals surface area contributed by atoms with Gasteiger partial charge in [0.05, 0.1) is 0 Å². The summed E-state index contributed by atoms with van der Waals surface area (Å²) in [6.45, 7) is 4.33. The van der Waals surface area contributed by atoms with Gasteiger partial charge < -0.3 is 0 Å². The predicted molar refractivity (Wildman–Crippen MR) is 62.9 cm³/mol. The van der Waals surface area contributed by atoms with Crippen molar-refractivity contribution in [2.24, 2.45) is 0 Å². The van der Waals surface area contributed by atoms with Gasteiger partial charge in [0.15, 0.2) is 0 Å². The van der Waals surface area contributed by atoms with E-state index in [0.29, 0.717) is 5.92 Å². The number of aromatic nitrogens is 1. The fourth-order valence-corrected chi connectivity index (χ4v) is 1.70. The highest BCUT2D eigenvalue weighted by atomic mass is 14.6. The molecule has 0 aliphatic carbocycles. The number of rotatable bonds is 2. The first kappa shape index (κ1) is 9.91. The average Bonchev–Trinajstić information content (AvgIpc) is 2.30. The molecule has 1 heteroatoms. The van der Waals surface area contributed by atoms with E-state index in [1.54, 1.807) is 0 Å². The molecule has 1 heterocycles. The van der Waals surface area contributed by atoms with E-state index in [2.05, 4.69) is 55.2 Å². The molecule has 1 nitrogen and oxygen atoms in total. The molecule has 1 atom stereocenters. The van der Waals surface area contributed by atoms with E-state index in [4.69, 9.17) is 0 Å². The van der Waals surface area contributed by atoms with Gasteiger partial charge in [-0.2, -0.15) is 0 Å². The molecule has 76 valence electrons. The molecule has 0 N–H and O–H groups in total. The van der Waals surface area contributed by atoms with Crippen molar-refractivity contribution in [2.75, 3.05) is 0 Å². The normalized spacial score (nSPS) is 12.4. The lowest BCUT2D eigenvalue weighted by Gasteiger charge is -2.12. The molecule has 0 amide bonds. The Kier molecular flexibility index (Phi) is 2.82. The Morgan fingerprint density at radius 1 is 0.867 bits per heavy atom. The Morgan fingerprint density at radius 2 is 1.40 bits per heavy atom. The second-order valence-electron chi connectivity index (χ2n) is 3.91. The first-order valence-electron chi connectivity index (χ1n) is 5.24. The van der Waals surface area contributed by atoms with Crippen LogP contribution in [0, 0.1) is 6.92 Å². The van der Waals surface area contributed by atoms with Crippen molar-refractivity contribution >= 4 is 0 Å². The Balaban J connectivity index is 2.29. The smallest absolute Gasteiger partial charge is 0.0270 e. The van der Waals surface area contributed by atoms with Crippen molar-refractivity contribution in [3.8, 4) is 0 Å². The molecular formula is C14H15N. The van der Waals surface area contributed by atoms with Gasteiger partial charge in [0, 0.05) is 18.3 Å². The minimum Gasteiger partial charge on any atom is -0.265 e. The van der Waals surface area contributed by atoms with Crippen molar-refractivity contribution < 1.29 is 0 Å². The highest BCUT2D eigenvalue weighted by Crippen LogP contribution is 2.23. The zero-order valence-electron chi connectivity index (χ0n) is 9.14. The molecular weight excluding hydrogens is 182 g/mol. The van der Waals surface area contributed by atoms with Crippen LogP contribution in [-0.2, 0) is 0 Å². The molecule has 2 rings (SSSR count). The summed E-state index contributed by atoms with van der Waals surface area (Å²) in [5, 5.41) is 0. The SMILES string of the molecule is Cc1ccc(C(C)c2ccncc2)cc1. The molecule has 0 radical (unpaired) electrons. The van der Waals surface area contributed by atoms with Gasteiger partial charge in [0.25, 0.3) is 0 Å². The average molecular weight is 197 g/mol. The Labute approximate surface area is 90.8 Å². The molecule has 0 fully saturated rings.